The van der Waals surface area contributed by atoms with E-state index in [-0.39, 0.29) is 17.8 Å². The zero-order valence-electron chi connectivity index (χ0n) is 12.7. The van der Waals surface area contributed by atoms with Gasteiger partial charge in [0.2, 0.25) is 5.91 Å². The molecular weight excluding hydrogens is 283 g/mol. The Bertz CT molecular complexity index is 523. The minimum atomic E-state index is -0.504. The van der Waals surface area contributed by atoms with Crippen molar-refractivity contribution >= 4 is 5.91 Å². The smallest absolute Gasteiger partial charge is 0.222 e. The third-order valence-electron chi connectivity index (χ3n) is 4.70. The Morgan fingerprint density at radius 3 is 2.91 bits per heavy atom. The fraction of sp³-hybridized carbons (Fsp3) is 0.588. The first-order valence-electron chi connectivity index (χ1n) is 8.06. The topological polar surface area (TPSA) is 50.4 Å². The minimum Gasteiger partial charge on any atom is -0.381 e. The van der Waals surface area contributed by atoms with Crippen molar-refractivity contribution < 1.29 is 13.9 Å². The number of rotatable bonds is 4. The van der Waals surface area contributed by atoms with Crippen LogP contribution < -0.4 is 10.6 Å². The van der Waals surface area contributed by atoms with Crippen molar-refractivity contribution in [3.05, 3.63) is 35.6 Å². The zero-order chi connectivity index (χ0) is 15.4. The highest BCUT2D eigenvalue weighted by Crippen LogP contribution is 2.32. The number of hydrogen-bond acceptors (Lipinski definition) is 3. The van der Waals surface area contributed by atoms with Gasteiger partial charge in [-0.1, -0.05) is 12.1 Å². The van der Waals surface area contributed by atoms with Gasteiger partial charge in [0.15, 0.2) is 0 Å². The van der Waals surface area contributed by atoms with Crippen molar-refractivity contribution in [3.63, 3.8) is 0 Å². The van der Waals surface area contributed by atoms with Gasteiger partial charge in [-0.25, -0.2) is 4.39 Å². The van der Waals surface area contributed by atoms with Gasteiger partial charge in [-0.05, 0) is 49.9 Å². The van der Waals surface area contributed by atoms with Gasteiger partial charge in [0, 0.05) is 25.7 Å². The number of carbonyl (C=O) groups excluding carboxylic acids is 1. The molecule has 0 bridgehead atoms. The van der Waals surface area contributed by atoms with E-state index in [0.29, 0.717) is 32.5 Å². The van der Waals surface area contributed by atoms with Gasteiger partial charge in [0.25, 0.3) is 0 Å². The average molecular weight is 306 g/mol. The quantitative estimate of drug-likeness (QED) is 0.895. The van der Waals surface area contributed by atoms with Crippen molar-refractivity contribution in [2.24, 2.45) is 0 Å². The summed E-state index contributed by atoms with van der Waals surface area (Å²) in [5.41, 5.74) is 0.333. The largest absolute Gasteiger partial charge is 0.381 e. The van der Waals surface area contributed by atoms with Crippen LogP contribution in [0.15, 0.2) is 24.3 Å². The molecule has 22 heavy (non-hydrogen) atoms. The minimum absolute atomic E-state index is 0.0329. The summed E-state index contributed by atoms with van der Waals surface area (Å²) in [5, 5.41) is 6.52. The van der Waals surface area contributed by atoms with Crippen LogP contribution in [0.3, 0.4) is 0 Å². The molecule has 0 aliphatic carbocycles. The normalized spacial score (nSPS) is 24.1. The number of ether oxygens (including phenoxy) is 1. The molecule has 0 aromatic heterocycles. The van der Waals surface area contributed by atoms with Gasteiger partial charge in [-0.3, -0.25) is 4.79 Å². The molecule has 5 heteroatoms. The Morgan fingerprint density at radius 1 is 1.41 bits per heavy atom. The summed E-state index contributed by atoms with van der Waals surface area (Å²) in [7, 11) is 0. The van der Waals surface area contributed by atoms with Gasteiger partial charge in [0.1, 0.15) is 5.82 Å². The molecule has 2 heterocycles. The molecule has 2 fully saturated rings. The summed E-state index contributed by atoms with van der Waals surface area (Å²) in [6.07, 6.45) is 4.02. The molecule has 0 spiro atoms. The van der Waals surface area contributed by atoms with Gasteiger partial charge in [-0.15, -0.1) is 0 Å². The lowest BCUT2D eigenvalue weighted by Crippen LogP contribution is -2.50. The summed E-state index contributed by atoms with van der Waals surface area (Å²) in [6, 6.07) is 6.82. The first kappa shape index (κ1) is 15.4. The molecule has 0 radical (unpaired) electrons. The molecule has 1 atom stereocenters. The number of nitrogens with one attached hydrogen (secondary N) is 2. The standard InChI is InChI=1S/C17H23FN2O2/c18-14-4-1-3-13(11-14)17(6-9-22-10-7-17)20-16(21)12-15-5-2-8-19-15/h1,3-4,11,15,19H,2,5-10,12H2,(H,20,21). The monoisotopic (exact) mass is 306 g/mol. The predicted octanol–water partition coefficient (Wildman–Crippen LogP) is 2.09. The van der Waals surface area contributed by atoms with Crippen LogP contribution in [0.5, 0.6) is 0 Å². The van der Waals surface area contributed by atoms with Crippen LogP contribution in [0, 0.1) is 5.82 Å². The molecule has 1 aromatic carbocycles. The zero-order valence-corrected chi connectivity index (χ0v) is 12.7. The molecule has 1 unspecified atom stereocenters. The van der Waals surface area contributed by atoms with Crippen molar-refractivity contribution in [1.29, 1.82) is 0 Å². The van der Waals surface area contributed by atoms with E-state index in [0.717, 1.165) is 24.9 Å². The highest BCUT2D eigenvalue weighted by molar-refractivity contribution is 5.77. The van der Waals surface area contributed by atoms with Crippen molar-refractivity contribution in [1.82, 2.24) is 10.6 Å². The van der Waals surface area contributed by atoms with Crippen LogP contribution >= 0.6 is 0 Å². The summed E-state index contributed by atoms with van der Waals surface area (Å²) < 4.78 is 19.0. The van der Waals surface area contributed by atoms with E-state index < -0.39 is 5.54 Å². The van der Waals surface area contributed by atoms with E-state index >= 15 is 0 Å². The molecule has 2 N–H and O–H groups in total. The van der Waals surface area contributed by atoms with Crippen LogP contribution in [0.4, 0.5) is 4.39 Å². The molecular formula is C17H23FN2O2. The SMILES string of the molecule is O=C(CC1CCCN1)NC1(c2cccc(F)c2)CCOCC1. The van der Waals surface area contributed by atoms with E-state index in [9.17, 15) is 9.18 Å². The maximum Gasteiger partial charge on any atom is 0.222 e. The summed E-state index contributed by atoms with van der Waals surface area (Å²) >= 11 is 0. The maximum atomic E-state index is 13.6. The van der Waals surface area contributed by atoms with Crippen molar-refractivity contribution in [2.75, 3.05) is 19.8 Å². The number of halogens is 1. The Labute approximate surface area is 130 Å². The number of hydrogen-bond donors (Lipinski definition) is 2. The Kier molecular flexibility index (Phi) is 4.74. The lowest BCUT2D eigenvalue weighted by Gasteiger charge is -2.39. The Morgan fingerprint density at radius 2 is 2.23 bits per heavy atom. The Hall–Kier alpha value is -1.46. The van der Waals surface area contributed by atoms with E-state index in [1.165, 1.54) is 12.1 Å². The lowest BCUT2D eigenvalue weighted by atomic mass is 9.82. The molecule has 1 amide bonds. The molecule has 1 aromatic rings. The van der Waals surface area contributed by atoms with Crippen molar-refractivity contribution in [2.45, 2.75) is 43.7 Å². The molecule has 3 rings (SSSR count). The molecule has 0 saturated carbocycles. The highest BCUT2D eigenvalue weighted by atomic mass is 19.1. The van der Waals surface area contributed by atoms with Crippen LogP contribution in [0.1, 0.15) is 37.7 Å². The van der Waals surface area contributed by atoms with Gasteiger partial charge >= 0.3 is 0 Å². The first-order chi connectivity index (χ1) is 10.7. The molecule has 4 nitrogen and oxygen atoms in total. The van der Waals surface area contributed by atoms with Crippen LogP contribution in [-0.2, 0) is 15.1 Å². The second-order valence-electron chi connectivity index (χ2n) is 6.25. The van der Waals surface area contributed by atoms with Crippen LogP contribution in [0.25, 0.3) is 0 Å². The number of amides is 1. The predicted molar refractivity (Wildman–Crippen MR) is 81.9 cm³/mol. The lowest BCUT2D eigenvalue weighted by molar-refractivity contribution is -0.125. The third-order valence-corrected chi connectivity index (χ3v) is 4.70. The number of carbonyl (C=O) groups is 1. The summed E-state index contributed by atoms with van der Waals surface area (Å²) in [4.78, 5) is 12.4. The second kappa shape index (κ2) is 6.75. The number of benzene rings is 1. The Balaban J connectivity index is 1.75. The van der Waals surface area contributed by atoms with E-state index in [2.05, 4.69) is 10.6 Å². The van der Waals surface area contributed by atoms with E-state index in [4.69, 9.17) is 4.74 Å². The molecule has 2 saturated heterocycles. The van der Waals surface area contributed by atoms with E-state index in [1.807, 2.05) is 6.07 Å². The average Bonchev–Trinajstić information content (AvgIpc) is 3.01. The van der Waals surface area contributed by atoms with Gasteiger partial charge < -0.3 is 15.4 Å². The fourth-order valence-corrected chi connectivity index (χ4v) is 3.46. The maximum absolute atomic E-state index is 13.6. The molecule has 2 aliphatic heterocycles. The molecule has 120 valence electrons. The summed E-state index contributed by atoms with van der Waals surface area (Å²) in [6.45, 7) is 2.15. The third kappa shape index (κ3) is 3.47. The fourth-order valence-electron chi connectivity index (χ4n) is 3.46. The first-order valence-corrected chi connectivity index (χ1v) is 8.06. The second-order valence-corrected chi connectivity index (χ2v) is 6.25. The van der Waals surface area contributed by atoms with Crippen LogP contribution in [-0.4, -0.2) is 31.7 Å². The highest BCUT2D eigenvalue weighted by Gasteiger charge is 2.36. The van der Waals surface area contributed by atoms with Crippen molar-refractivity contribution in [3.8, 4) is 0 Å². The van der Waals surface area contributed by atoms with E-state index in [1.54, 1.807) is 6.07 Å². The molecule has 2 aliphatic rings. The van der Waals surface area contributed by atoms with Crippen LogP contribution in [0.2, 0.25) is 0 Å². The van der Waals surface area contributed by atoms with Gasteiger partial charge in [-0.2, -0.15) is 0 Å². The van der Waals surface area contributed by atoms with Gasteiger partial charge in [0.05, 0.1) is 5.54 Å². The summed E-state index contributed by atoms with van der Waals surface area (Å²) in [5.74, 6) is -0.236.